The van der Waals surface area contributed by atoms with E-state index in [0.717, 1.165) is 11.9 Å². The summed E-state index contributed by atoms with van der Waals surface area (Å²) in [6.07, 6.45) is 8.69. The zero-order chi connectivity index (χ0) is 23.2. The van der Waals surface area contributed by atoms with Gasteiger partial charge in [-0.1, -0.05) is 94.3 Å². The van der Waals surface area contributed by atoms with Crippen molar-refractivity contribution in [2.24, 2.45) is 0 Å². The Kier molecular flexibility index (Phi) is 7.54. The smallest absolute Gasteiger partial charge is 0.105 e. The van der Waals surface area contributed by atoms with E-state index in [1.165, 1.54) is 71.5 Å². The Morgan fingerprint density at radius 1 is 0.788 bits per heavy atom. The van der Waals surface area contributed by atoms with E-state index >= 15 is 0 Å². The van der Waals surface area contributed by atoms with E-state index in [1.807, 2.05) is 0 Å². The highest BCUT2D eigenvalue weighted by Crippen LogP contribution is 2.30. The molecule has 1 aromatic heterocycles. The first-order valence-corrected chi connectivity index (χ1v) is 12.5. The average molecular weight is 440 g/mol. The van der Waals surface area contributed by atoms with Crippen LogP contribution >= 0.6 is 0 Å². The molecule has 0 atom stereocenters. The minimum Gasteiger partial charge on any atom is -0.511 e. The molecule has 33 heavy (non-hydrogen) atoms. The van der Waals surface area contributed by atoms with Crippen molar-refractivity contribution in [3.63, 3.8) is 0 Å². The van der Waals surface area contributed by atoms with E-state index in [-0.39, 0.29) is 5.76 Å². The molecule has 0 bridgehead atoms. The maximum absolute atomic E-state index is 9.86. The first kappa shape index (κ1) is 23.2. The molecular weight excluding hydrogens is 402 g/mol. The summed E-state index contributed by atoms with van der Waals surface area (Å²) >= 11 is 0. The van der Waals surface area contributed by atoms with Crippen LogP contribution in [0.3, 0.4) is 0 Å². The number of benzene rings is 3. The number of unbranched alkanes of at least 4 members (excludes halogenated alkanes) is 4. The Bertz CT molecular complexity index is 1230. The molecule has 0 amide bonds. The summed E-state index contributed by atoms with van der Waals surface area (Å²) in [4.78, 5) is 0. The van der Waals surface area contributed by atoms with Crippen molar-refractivity contribution in [1.29, 1.82) is 0 Å². The van der Waals surface area contributed by atoms with Gasteiger partial charge in [-0.2, -0.15) is 0 Å². The highest BCUT2D eigenvalue weighted by atomic mass is 16.3. The second kappa shape index (κ2) is 10.7. The van der Waals surface area contributed by atoms with E-state index in [2.05, 4.69) is 91.7 Å². The Labute approximate surface area is 198 Å². The minimum atomic E-state index is 0.194. The van der Waals surface area contributed by atoms with E-state index in [4.69, 9.17) is 0 Å². The lowest BCUT2D eigenvalue weighted by molar-refractivity contribution is 0.383. The molecule has 0 spiro atoms. The Morgan fingerprint density at radius 3 is 2.24 bits per heavy atom. The van der Waals surface area contributed by atoms with Crippen LogP contribution in [-0.2, 0) is 19.4 Å². The number of aromatic nitrogens is 1. The normalized spacial score (nSPS) is 11.6. The number of hydrogen-bond acceptors (Lipinski definition) is 1. The van der Waals surface area contributed by atoms with Crippen LogP contribution in [0.25, 0.3) is 21.8 Å². The van der Waals surface area contributed by atoms with Crippen molar-refractivity contribution < 1.29 is 5.11 Å². The monoisotopic (exact) mass is 439 g/mol. The van der Waals surface area contributed by atoms with E-state index in [9.17, 15) is 5.11 Å². The zero-order valence-corrected chi connectivity index (χ0v) is 20.2. The number of rotatable bonds is 11. The molecule has 1 N–H and O–H groups in total. The van der Waals surface area contributed by atoms with Crippen LogP contribution in [0.2, 0.25) is 0 Å². The quantitative estimate of drug-likeness (QED) is 0.183. The van der Waals surface area contributed by atoms with Crippen molar-refractivity contribution in [3.05, 3.63) is 95.8 Å². The molecule has 0 unspecified atom stereocenters. The molecular formula is C31H37NO. The third-order valence-electron chi connectivity index (χ3n) is 6.77. The molecule has 0 aliphatic carbocycles. The Morgan fingerprint density at radius 2 is 1.45 bits per heavy atom. The van der Waals surface area contributed by atoms with Gasteiger partial charge in [-0.3, -0.25) is 0 Å². The number of hydrogen-bond donors (Lipinski definition) is 1. The van der Waals surface area contributed by atoms with Gasteiger partial charge >= 0.3 is 0 Å². The van der Waals surface area contributed by atoms with Gasteiger partial charge in [-0.25, -0.2) is 0 Å². The van der Waals surface area contributed by atoms with Gasteiger partial charge in [-0.15, -0.1) is 0 Å². The van der Waals surface area contributed by atoms with Crippen LogP contribution in [0.15, 0.2) is 79.1 Å². The first-order valence-electron chi connectivity index (χ1n) is 12.5. The predicted octanol–water partition coefficient (Wildman–Crippen LogP) is 8.73. The Hall–Kier alpha value is -3.00. The summed E-state index contributed by atoms with van der Waals surface area (Å²) in [6, 6.07) is 24.2. The second-order valence-electron chi connectivity index (χ2n) is 9.64. The first-order chi connectivity index (χ1) is 16.0. The number of allylic oxidation sites excluding steroid dienone is 1. The molecule has 0 saturated carbocycles. The molecule has 0 saturated heterocycles. The average Bonchev–Trinajstić information content (AvgIpc) is 3.11. The number of aryl methyl sites for hydroxylation is 2. The number of para-hydroxylation sites is 1. The SMILES string of the molecule is C=C(O)Cn1c2ccccc2c2ccc(CCCCCCCc3ccccc3C(C)C)cc21. The van der Waals surface area contributed by atoms with E-state index < -0.39 is 0 Å². The van der Waals surface area contributed by atoms with Crippen LogP contribution in [0.5, 0.6) is 0 Å². The van der Waals surface area contributed by atoms with Crippen LogP contribution < -0.4 is 0 Å². The van der Waals surface area contributed by atoms with Gasteiger partial charge in [0.2, 0.25) is 0 Å². The zero-order valence-electron chi connectivity index (χ0n) is 20.2. The molecule has 1 heterocycles. The number of fused-ring (bicyclic) bond motifs is 3. The van der Waals surface area contributed by atoms with Crippen molar-refractivity contribution in [2.45, 2.75) is 71.3 Å². The number of aliphatic hydroxyl groups excluding tert-OH is 1. The molecule has 0 radical (unpaired) electrons. The van der Waals surface area contributed by atoms with Crippen molar-refractivity contribution in [3.8, 4) is 0 Å². The van der Waals surface area contributed by atoms with Gasteiger partial charge in [0, 0.05) is 21.8 Å². The molecule has 0 aliphatic rings. The topological polar surface area (TPSA) is 25.2 Å². The van der Waals surface area contributed by atoms with Crippen LogP contribution in [0.1, 0.15) is 68.6 Å². The van der Waals surface area contributed by atoms with E-state index in [0.29, 0.717) is 12.5 Å². The fourth-order valence-corrected chi connectivity index (χ4v) is 5.10. The maximum Gasteiger partial charge on any atom is 0.105 e. The third kappa shape index (κ3) is 5.50. The predicted molar refractivity (Wildman–Crippen MR) is 142 cm³/mol. The van der Waals surface area contributed by atoms with Gasteiger partial charge in [-0.05, 0) is 60.4 Å². The summed E-state index contributed by atoms with van der Waals surface area (Å²) < 4.78 is 2.19. The molecule has 172 valence electrons. The standard InChI is InChI=1S/C31H37NO/c1-23(2)27-16-10-9-15-26(27)14-8-6-4-5-7-13-25-19-20-29-28-17-11-12-18-30(28)32(22-24(3)33)31(29)21-25/h9-12,15-21,23,33H,3-8,13-14,22H2,1-2H3. The molecule has 2 nitrogen and oxygen atoms in total. The van der Waals surface area contributed by atoms with Gasteiger partial charge in [0.25, 0.3) is 0 Å². The van der Waals surface area contributed by atoms with Gasteiger partial charge in [0.15, 0.2) is 0 Å². The fraction of sp³-hybridized carbons (Fsp3) is 0.355. The van der Waals surface area contributed by atoms with Crippen molar-refractivity contribution >= 4 is 21.8 Å². The van der Waals surface area contributed by atoms with Crippen LogP contribution in [0.4, 0.5) is 0 Å². The minimum absolute atomic E-state index is 0.194. The highest BCUT2D eigenvalue weighted by molar-refractivity contribution is 6.08. The largest absolute Gasteiger partial charge is 0.511 e. The molecule has 0 fully saturated rings. The van der Waals surface area contributed by atoms with Crippen molar-refractivity contribution in [2.75, 3.05) is 0 Å². The van der Waals surface area contributed by atoms with Gasteiger partial charge in [0.05, 0.1) is 6.54 Å². The molecule has 2 heteroatoms. The Balaban J connectivity index is 1.31. The van der Waals surface area contributed by atoms with E-state index in [1.54, 1.807) is 0 Å². The summed E-state index contributed by atoms with van der Waals surface area (Å²) in [5, 5.41) is 12.3. The summed E-state index contributed by atoms with van der Waals surface area (Å²) in [7, 11) is 0. The van der Waals surface area contributed by atoms with Crippen molar-refractivity contribution in [1.82, 2.24) is 4.57 Å². The number of aliphatic hydroxyl groups is 1. The molecule has 4 rings (SSSR count). The summed E-state index contributed by atoms with van der Waals surface area (Å²) in [5.41, 5.74) is 6.75. The van der Waals surface area contributed by atoms with Crippen LogP contribution in [0, 0.1) is 0 Å². The lowest BCUT2D eigenvalue weighted by Gasteiger charge is -2.12. The molecule has 3 aromatic carbocycles. The fourth-order valence-electron chi connectivity index (χ4n) is 5.10. The molecule has 4 aromatic rings. The number of nitrogens with zero attached hydrogens (tertiary/aromatic N) is 1. The third-order valence-corrected chi connectivity index (χ3v) is 6.77. The lowest BCUT2D eigenvalue weighted by Crippen LogP contribution is -1.99. The lowest BCUT2D eigenvalue weighted by atomic mass is 9.93. The second-order valence-corrected chi connectivity index (χ2v) is 9.64. The summed E-state index contributed by atoms with van der Waals surface area (Å²) in [6.45, 7) is 8.73. The maximum atomic E-state index is 9.86. The van der Waals surface area contributed by atoms with Crippen LogP contribution in [-0.4, -0.2) is 9.67 Å². The summed E-state index contributed by atoms with van der Waals surface area (Å²) in [5.74, 6) is 0.798. The molecule has 0 aliphatic heterocycles. The van der Waals surface area contributed by atoms with Gasteiger partial charge in [0.1, 0.15) is 5.76 Å². The highest BCUT2D eigenvalue weighted by Gasteiger charge is 2.11. The van der Waals surface area contributed by atoms with Gasteiger partial charge < -0.3 is 9.67 Å².